The van der Waals surface area contributed by atoms with E-state index in [0.29, 0.717) is 17.7 Å². The molecule has 0 saturated carbocycles. The maximum atomic E-state index is 13.4. The topological polar surface area (TPSA) is 71.5 Å². The Kier molecular flexibility index (Phi) is 7.01. The van der Waals surface area contributed by atoms with E-state index in [4.69, 9.17) is 9.72 Å². The Balaban J connectivity index is 1.42. The van der Waals surface area contributed by atoms with E-state index in [1.54, 1.807) is 0 Å². The number of rotatable bonds is 8. The zero-order valence-electron chi connectivity index (χ0n) is 19.7. The Morgan fingerprint density at radius 3 is 2.17 bits per heavy atom. The lowest BCUT2D eigenvalue weighted by Gasteiger charge is -2.18. The van der Waals surface area contributed by atoms with Crippen molar-refractivity contribution >= 4 is 16.8 Å². The van der Waals surface area contributed by atoms with E-state index in [1.807, 2.05) is 115 Å². The highest BCUT2D eigenvalue weighted by atomic mass is 16.5. The fraction of sp³-hybridized carbons (Fsp3) is 0.0968. The molecule has 1 aromatic heterocycles. The zero-order valence-corrected chi connectivity index (χ0v) is 19.7. The highest BCUT2D eigenvalue weighted by Gasteiger charge is 2.18. The molecule has 0 spiro atoms. The van der Waals surface area contributed by atoms with Crippen LogP contribution in [0, 0.1) is 0 Å². The third kappa shape index (κ3) is 5.43. The number of fused-ring (bicyclic) bond motifs is 1. The van der Waals surface area contributed by atoms with E-state index in [9.17, 15) is 9.90 Å². The largest absolute Gasteiger partial charge is 0.457 e. The monoisotopic (exact) mass is 474 g/mol. The first-order valence-corrected chi connectivity index (χ1v) is 11.9. The number of amides is 1. The van der Waals surface area contributed by atoms with Crippen molar-refractivity contribution < 1.29 is 14.6 Å². The molecule has 0 fully saturated rings. The number of carbonyl (C=O) groups is 1. The van der Waals surface area contributed by atoms with Gasteiger partial charge in [0.2, 0.25) is 0 Å². The van der Waals surface area contributed by atoms with Crippen LogP contribution < -0.4 is 10.1 Å². The summed E-state index contributed by atoms with van der Waals surface area (Å²) in [5.74, 6) is 1.24. The van der Waals surface area contributed by atoms with Crippen LogP contribution in [0.5, 0.6) is 11.5 Å². The van der Waals surface area contributed by atoms with Crippen molar-refractivity contribution in [3.63, 3.8) is 0 Å². The van der Waals surface area contributed by atoms with Crippen molar-refractivity contribution in [2.45, 2.75) is 12.5 Å². The van der Waals surface area contributed by atoms with Gasteiger partial charge in [0.15, 0.2) is 0 Å². The van der Waals surface area contributed by atoms with Gasteiger partial charge in [0.1, 0.15) is 11.5 Å². The van der Waals surface area contributed by atoms with Crippen LogP contribution in [0.15, 0.2) is 115 Å². The molecule has 0 saturated heterocycles. The number of aliphatic hydroxyl groups excluding tert-OH is 1. The molecule has 0 aliphatic rings. The first-order chi connectivity index (χ1) is 17.7. The summed E-state index contributed by atoms with van der Waals surface area (Å²) in [6.07, 6.45) is 0.543. The minimum Gasteiger partial charge on any atom is -0.457 e. The number of aliphatic hydroxyl groups is 1. The standard InChI is InChI=1S/C31H26N2O3/c34-21-24(19-22-9-3-1-4-10-22)32-31(35)28-20-30(33-29-14-8-7-13-27(28)29)23-15-17-26(18-16-23)36-25-11-5-2-6-12-25/h1-18,20,24,34H,19,21H2,(H,32,35). The van der Waals surface area contributed by atoms with Gasteiger partial charge in [-0.25, -0.2) is 4.98 Å². The fourth-order valence-electron chi connectivity index (χ4n) is 4.15. The van der Waals surface area contributed by atoms with Crippen LogP contribution in [0.25, 0.3) is 22.2 Å². The minimum atomic E-state index is -0.398. The van der Waals surface area contributed by atoms with Gasteiger partial charge in [0.05, 0.1) is 29.4 Å². The molecule has 0 radical (unpaired) electrons. The van der Waals surface area contributed by atoms with Crippen molar-refractivity contribution in [2.75, 3.05) is 6.61 Å². The molecule has 178 valence electrons. The third-order valence-electron chi connectivity index (χ3n) is 5.97. The molecule has 0 bridgehead atoms. The fourth-order valence-corrected chi connectivity index (χ4v) is 4.15. The van der Waals surface area contributed by atoms with Crippen molar-refractivity contribution in [1.82, 2.24) is 10.3 Å². The van der Waals surface area contributed by atoms with Crippen molar-refractivity contribution in [3.05, 3.63) is 126 Å². The Hall–Kier alpha value is -4.48. The number of para-hydroxylation sites is 2. The van der Waals surface area contributed by atoms with Crippen molar-refractivity contribution in [2.24, 2.45) is 0 Å². The Labute approximate surface area is 210 Å². The van der Waals surface area contributed by atoms with Crippen LogP contribution in [0.3, 0.4) is 0 Å². The lowest BCUT2D eigenvalue weighted by molar-refractivity contribution is 0.0918. The van der Waals surface area contributed by atoms with E-state index in [-0.39, 0.29) is 12.5 Å². The number of aromatic nitrogens is 1. The van der Waals surface area contributed by atoms with Crippen LogP contribution in [-0.2, 0) is 6.42 Å². The molecule has 1 heterocycles. The van der Waals surface area contributed by atoms with Gasteiger partial charge in [-0.05, 0) is 60.5 Å². The number of ether oxygens (including phenoxy) is 1. The predicted molar refractivity (Wildman–Crippen MR) is 142 cm³/mol. The number of carbonyl (C=O) groups excluding carboxylic acids is 1. The molecule has 1 amide bonds. The number of nitrogens with zero attached hydrogens (tertiary/aromatic N) is 1. The third-order valence-corrected chi connectivity index (χ3v) is 5.97. The molecular weight excluding hydrogens is 448 g/mol. The van der Waals surface area contributed by atoms with E-state index < -0.39 is 6.04 Å². The van der Waals surface area contributed by atoms with E-state index >= 15 is 0 Å². The average Bonchev–Trinajstić information content (AvgIpc) is 2.93. The average molecular weight is 475 g/mol. The quantitative estimate of drug-likeness (QED) is 0.288. The van der Waals surface area contributed by atoms with Gasteiger partial charge in [0.25, 0.3) is 5.91 Å². The summed E-state index contributed by atoms with van der Waals surface area (Å²) in [5.41, 5.74) is 3.86. The second-order valence-electron chi connectivity index (χ2n) is 8.55. The smallest absolute Gasteiger partial charge is 0.252 e. The summed E-state index contributed by atoms with van der Waals surface area (Å²) in [7, 11) is 0. The minimum absolute atomic E-state index is 0.153. The normalized spacial score (nSPS) is 11.7. The van der Waals surface area contributed by atoms with Gasteiger partial charge in [-0.2, -0.15) is 0 Å². The Morgan fingerprint density at radius 2 is 1.44 bits per heavy atom. The summed E-state index contributed by atoms with van der Waals surface area (Å²) < 4.78 is 5.90. The van der Waals surface area contributed by atoms with Crippen LogP contribution in [-0.4, -0.2) is 28.6 Å². The Morgan fingerprint density at radius 1 is 0.806 bits per heavy atom. The van der Waals surface area contributed by atoms with E-state index in [1.165, 1.54) is 0 Å². The molecule has 5 aromatic rings. The molecule has 0 aliphatic heterocycles. The zero-order chi connectivity index (χ0) is 24.7. The number of benzene rings is 4. The summed E-state index contributed by atoms with van der Waals surface area (Å²) in [4.78, 5) is 18.2. The number of pyridine rings is 1. The molecule has 5 rings (SSSR count). The SMILES string of the molecule is O=C(NC(CO)Cc1ccccc1)c1cc(-c2ccc(Oc3ccccc3)cc2)nc2ccccc12. The lowest BCUT2D eigenvalue weighted by atomic mass is 10.0. The van der Waals surface area contributed by atoms with Crippen molar-refractivity contribution in [1.29, 1.82) is 0 Å². The maximum absolute atomic E-state index is 13.4. The van der Waals surface area contributed by atoms with Crippen LogP contribution in [0.1, 0.15) is 15.9 Å². The second kappa shape index (κ2) is 10.8. The highest BCUT2D eigenvalue weighted by Crippen LogP contribution is 2.28. The molecule has 4 aromatic carbocycles. The number of nitrogens with one attached hydrogen (secondary N) is 1. The molecular formula is C31H26N2O3. The summed E-state index contributed by atoms with van der Waals surface area (Å²) in [6.45, 7) is -0.153. The van der Waals surface area contributed by atoms with Crippen LogP contribution >= 0.6 is 0 Å². The second-order valence-corrected chi connectivity index (χ2v) is 8.55. The molecule has 5 nitrogen and oxygen atoms in total. The van der Waals surface area contributed by atoms with Gasteiger partial charge < -0.3 is 15.2 Å². The van der Waals surface area contributed by atoms with Crippen LogP contribution in [0.2, 0.25) is 0 Å². The first kappa shape index (κ1) is 23.3. The maximum Gasteiger partial charge on any atom is 0.252 e. The van der Waals surface area contributed by atoms with Gasteiger partial charge in [-0.3, -0.25) is 4.79 Å². The van der Waals surface area contributed by atoms with E-state index in [0.717, 1.165) is 33.5 Å². The Bertz CT molecular complexity index is 1450. The number of hydrogen-bond acceptors (Lipinski definition) is 4. The lowest BCUT2D eigenvalue weighted by Crippen LogP contribution is -2.39. The summed E-state index contributed by atoms with van der Waals surface area (Å²) in [5, 5.41) is 13.7. The molecule has 0 aliphatic carbocycles. The van der Waals surface area contributed by atoms with Crippen LogP contribution in [0.4, 0.5) is 0 Å². The summed E-state index contributed by atoms with van der Waals surface area (Å²) >= 11 is 0. The molecule has 36 heavy (non-hydrogen) atoms. The van der Waals surface area contributed by atoms with Gasteiger partial charge >= 0.3 is 0 Å². The molecule has 1 atom stereocenters. The predicted octanol–water partition coefficient (Wildman–Crippen LogP) is 6.03. The van der Waals surface area contributed by atoms with Crippen molar-refractivity contribution in [3.8, 4) is 22.8 Å². The van der Waals surface area contributed by atoms with Gasteiger partial charge in [-0.1, -0.05) is 66.7 Å². The van der Waals surface area contributed by atoms with Gasteiger partial charge in [0, 0.05) is 10.9 Å². The summed E-state index contributed by atoms with van der Waals surface area (Å²) in [6, 6.07) is 36.1. The van der Waals surface area contributed by atoms with Gasteiger partial charge in [-0.15, -0.1) is 0 Å². The van der Waals surface area contributed by atoms with E-state index in [2.05, 4.69) is 5.32 Å². The molecule has 2 N–H and O–H groups in total. The highest BCUT2D eigenvalue weighted by molar-refractivity contribution is 6.07. The number of hydrogen-bond donors (Lipinski definition) is 2. The molecule has 5 heteroatoms. The first-order valence-electron chi connectivity index (χ1n) is 11.9. The molecule has 1 unspecified atom stereocenters.